The van der Waals surface area contributed by atoms with E-state index >= 15 is 0 Å². The number of morpholine rings is 1. The second-order valence-corrected chi connectivity index (χ2v) is 6.53. The van der Waals surface area contributed by atoms with Gasteiger partial charge in [-0.2, -0.15) is 0 Å². The molecule has 27 heavy (non-hydrogen) atoms. The topological polar surface area (TPSA) is 91.8 Å². The van der Waals surface area contributed by atoms with Gasteiger partial charge in [0.1, 0.15) is 11.5 Å². The Morgan fingerprint density at radius 2 is 1.93 bits per heavy atom. The summed E-state index contributed by atoms with van der Waals surface area (Å²) in [6, 6.07) is 11.3. The molecule has 1 saturated heterocycles. The maximum Gasteiger partial charge on any atom is 0.305 e. The minimum Gasteiger partial charge on any atom is -0.481 e. The molecular weight excluding hydrogens is 370 g/mol. The quantitative estimate of drug-likeness (QED) is 0.788. The SMILES string of the molecule is O=C(O)CC(NC(=O)c1cccc(N2CCOCC2)n1)c1ccccc1Cl. The van der Waals surface area contributed by atoms with Crippen molar-refractivity contribution in [3.63, 3.8) is 0 Å². The zero-order valence-corrected chi connectivity index (χ0v) is 15.4. The first kappa shape index (κ1) is 19.1. The summed E-state index contributed by atoms with van der Waals surface area (Å²) in [4.78, 5) is 30.4. The lowest BCUT2D eigenvalue weighted by atomic mass is 10.0. The number of aromatic nitrogens is 1. The van der Waals surface area contributed by atoms with Crippen molar-refractivity contribution in [3.05, 3.63) is 58.7 Å². The van der Waals surface area contributed by atoms with Gasteiger partial charge in [0.25, 0.3) is 5.91 Å². The molecule has 0 aliphatic carbocycles. The first-order chi connectivity index (χ1) is 13.0. The number of aliphatic carboxylic acids is 1. The first-order valence-corrected chi connectivity index (χ1v) is 8.99. The maximum absolute atomic E-state index is 12.7. The molecule has 1 fully saturated rings. The molecule has 1 amide bonds. The number of nitrogens with one attached hydrogen (secondary N) is 1. The Morgan fingerprint density at radius 3 is 2.63 bits per heavy atom. The van der Waals surface area contributed by atoms with Crippen LogP contribution in [0.3, 0.4) is 0 Å². The lowest BCUT2D eigenvalue weighted by Crippen LogP contribution is -2.37. The van der Waals surface area contributed by atoms with Crippen molar-refractivity contribution in [2.75, 3.05) is 31.2 Å². The molecule has 2 aromatic rings. The van der Waals surface area contributed by atoms with E-state index in [0.717, 1.165) is 0 Å². The number of pyridine rings is 1. The number of carbonyl (C=O) groups excluding carboxylic acids is 1. The van der Waals surface area contributed by atoms with Crippen LogP contribution >= 0.6 is 11.6 Å². The number of hydrogen-bond acceptors (Lipinski definition) is 5. The number of ether oxygens (including phenoxy) is 1. The van der Waals surface area contributed by atoms with Crippen molar-refractivity contribution in [2.24, 2.45) is 0 Å². The van der Waals surface area contributed by atoms with Gasteiger partial charge in [0.05, 0.1) is 25.7 Å². The van der Waals surface area contributed by atoms with Gasteiger partial charge in [0.15, 0.2) is 0 Å². The van der Waals surface area contributed by atoms with Gasteiger partial charge in [-0.05, 0) is 23.8 Å². The standard InChI is InChI=1S/C19H20ClN3O4/c20-14-5-2-1-4-13(14)16(12-18(24)25)22-19(26)15-6-3-7-17(21-15)23-8-10-27-11-9-23/h1-7,16H,8-12H2,(H,22,26)(H,24,25). The molecule has 0 bridgehead atoms. The van der Waals surface area contributed by atoms with Crippen LogP contribution in [-0.4, -0.2) is 48.3 Å². The van der Waals surface area contributed by atoms with E-state index in [1.54, 1.807) is 36.4 Å². The third kappa shape index (κ3) is 4.96. The van der Waals surface area contributed by atoms with E-state index in [4.69, 9.17) is 16.3 Å². The summed E-state index contributed by atoms with van der Waals surface area (Å²) in [6.07, 6.45) is -0.279. The molecule has 1 aromatic heterocycles. The predicted molar refractivity (Wildman–Crippen MR) is 101 cm³/mol. The number of benzene rings is 1. The molecule has 1 unspecified atom stereocenters. The number of carbonyl (C=O) groups is 2. The minimum atomic E-state index is -1.03. The van der Waals surface area contributed by atoms with Crippen LogP contribution in [-0.2, 0) is 9.53 Å². The first-order valence-electron chi connectivity index (χ1n) is 8.61. The molecule has 3 rings (SSSR count). The van der Waals surface area contributed by atoms with Gasteiger partial charge in [0, 0.05) is 18.1 Å². The molecule has 2 N–H and O–H groups in total. The van der Waals surface area contributed by atoms with Crippen LogP contribution in [0.2, 0.25) is 5.02 Å². The Morgan fingerprint density at radius 1 is 1.19 bits per heavy atom. The minimum absolute atomic E-state index is 0.224. The zero-order valence-electron chi connectivity index (χ0n) is 14.6. The molecule has 1 aliphatic rings. The zero-order chi connectivity index (χ0) is 19.2. The fourth-order valence-corrected chi connectivity index (χ4v) is 3.19. The second kappa shape index (κ2) is 8.83. The lowest BCUT2D eigenvalue weighted by molar-refractivity contribution is -0.137. The number of carboxylic acids is 1. The highest BCUT2D eigenvalue weighted by Gasteiger charge is 2.22. The highest BCUT2D eigenvalue weighted by atomic mass is 35.5. The average Bonchev–Trinajstić information content (AvgIpc) is 2.68. The van der Waals surface area contributed by atoms with E-state index in [1.165, 1.54) is 0 Å². The summed E-state index contributed by atoms with van der Waals surface area (Å²) in [6.45, 7) is 2.65. The fraction of sp³-hybridized carbons (Fsp3) is 0.316. The molecule has 142 valence electrons. The summed E-state index contributed by atoms with van der Waals surface area (Å²) in [5, 5.41) is 12.3. The number of anilines is 1. The highest BCUT2D eigenvalue weighted by molar-refractivity contribution is 6.31. The normalized spacial score (nSPS) is 15.2. The molecule has 7 nitrogen and oxygen atoms in total. The van der Waals surface area contributed by atoms with Crippen molar-refractivity contribution < 1.29 is 19.4 Å². The number of rotatable bonds is 6. The monoisotopic (exact) mass is 389 g/mol. The van der Waals surface area contributed by atoms with Crippen LogP contribution in [0.4, 0.5) is 5.82 Å². The molecule has 1 atom stereocenters. The maximum atomic E-state index is 12.7. The van der Waals surface area contributed by atoms with Gasteiger partial charge in [-0.3, -0.25) is 9.59 Å². The Kier molecular flexibility index (Phi) is 6.26. The largest absolute Gasteiger partial charge is 0.481 e. The molecule has 2 heterocycles. The van der Waals surface area contributed by atoms with Crippen molar-refractivity contribution in [3.8, 4) is 0 Å². The van der Waals surface area contributed by atoms with Gasteiger partial charge in [-0.1, -0.05) is 35.9 Å². The highest BCUT2D eigenvalue weighted by Crippen LogP contribution is 2.25. The number of hydrogen-bond donors (Lipinski definition) is 2. The van der Waals surface area contributed by atoms with E-state index < -0.39 is 17.9 Å². The number of amides is 1. The van der Waals surface area contributed by atoms with Gasteiger partial charge >= 0.3 is 5.97 Å². The molecule has 0 saturated carbocycles. The van der Waals surface area contributed by atoms with Crippen LogP contribution in [0.5, 0.6) is 0 Å². The molecule has 1 aromatic carbocycles. The summed E-state index contributed by atoms with van der Waals surface area (Å²) >= 11 is 6.18. The Labute approximate surface area is 161 Å². The summed E-state index contributed by atoms with van der Waals surface area (Å²) in [7, 11) is 0. The summed E-state index contributed by atoms with van der Waals surface area (Å²) in [5.74, 6) is -0.787. The van der Waals surface area contributed by atoms with E-state index in [-0.39, 0.29) is 12.1 Å². The van der Waals surface area contributed by atoms with Gasteiger partial charge < -0.3 is 20.1 Å². The van der Waals surface area contributed by atoms with Crippen LogP contribution in [0.25, 0.3) is 0 Å². The van der Waals surface area contributed by atoms with E-state index in [9.17, 15) is 14.7 Å². The summed E-state index contributed by atoms with van der Waals surface area (Å²) < 4.78 is 5.33. The predicted octanol–water partition coefficient (Wildman–Crippen LogP) is 2.52. The van der Waals surface area contributed by atoms with Crippen molar-refractivity contribution in [2.45, 2.75) is 12.5 Å². The Hall–Kier alpha value is -2.64. The molecule has 8 heteroatoms. The Balaban J connectivity index is 1.79. The smallest absolute Gasteiger partial charge is 0.305 e. The lowest BCUT2D eigenvalue weighted by Gasteiger charge is -2.28. The number of nitrogens with zero attached hydrogens (tertiary/aromatic N) is 2. The summed E-state index contributed by atoms with van der Waals surface area (Å²) in [5.41, 5.74) is 0.778. The van der Waals surface area contributed by atoms with E-state index in [0.29, 0.717) is 42.7 Å². The fourth-order valence-electron chi connectivity index (χ4n) is 2.92. The number of carboxylic acid groups (broad SMARTS) is 1. The van der Waals surface area contributed by atoms with Crippen LogP contribution in [0, 0.1) is 0 Å². The average molecular weight is 390 g/mol. The molecular formula is C19H20ClN3O4. The molecule has 1 aliphatic heterocycles. The van der Waals surface area contributed by atoms with Gasteiger partial charge in [0.2, 0.25) is 0 Å². The van der Waals surface area contributed by atoms with Crippen LogP contribution in [0.15, 0.2) is 42.5 Å². The second-order valence-electron chi connectivity index (χ2n) is 6.13. The molecule has 0 spiro atoms. The third-order valence-electron chi connectivity index (χ3n) is 4.27. The van der Waals surface area contributed by atoms with Crippen molar-refractivity contribution in [1.29, 1.82) is 0 Å². The van der Waals surface area contributed by atoms with E-state index in [2.05, 4.69) is 10.3 Å². The van der Waals surface area contributed by atoms with E-state index in [1.807, 2.05) is 11.0 Å². The third-order valence-corrected chi connectivity index (χ3v) is 4.61. The van der Waals surface area contributed by atoms with Gasteiger partial charge in [-0.25, -0.2) is 4.98 Å². The van der Waals surface area contributed by atoms with Crippen molar-refractivity contribution in [1.82, 2.24) is 10.3 Å². The van der Waals surface area contributed by atoms with Crippen LogP contribution in [0.1, 0.15) is 28.5 Å². The Bertz CT molecular complexity index is 824. The molecule has 0 radical (unpaired) electrons. The van der Waals surface area contributed by atoms with Gasteiger partial charge in [-0.15, -0.1) is 0 Å². The van der Waals surface area contributed by atoms with Crippen LogP contribution < -0.4 is 10.2 Å². The number of halogens is 1. The van der Waals surface area contributed by atoms with Crippen molar-refractivity contribution >= 4 is 29.3 Å².